The van der Waals surface area contributed by atoms with Gasteiger partial charge in [-0.25, -0.2) is 0 Å². The fraction of sp³-hybridized carbons (Fsp3) is 0.647. The van der Waals surface area contributed by atoms with Gasteiger partial charge in [0.1, 0.15) is 18.5 Å². The highest BCUT2D eigenvalue weighted by Gasteiger charge is 2.20. The second-order valence-electron chi connectivity index (χ2n) is 5.68. The molecule has 2 unspecified atom stereocenters. The SMILES string of the molecule is CCCNC1CCCc2cc(OCC(O)COC)ccc21. The van der Waals surface area contributed by atoms with Crippen LogP contribution in [-0.2, 0) is 11.2 Å². The number of hydrogen-bond acceptors (Lipinski definition) is 4. The van der Waals surface area contributed by atoms with Gasteiger partial charge in [-0.2, -0.15) is 0 Å². The second kappa shape index (κ2) is 8.37. The number of ether oxygens (including phenoxy) is 2. The lowest BCUT2D eigenvalue weighted by Crippen LogP contribution is -2.26. The zero-order chi connectivity index (χ0) is 15.1. The molecule has 0 saturated carbocycles. The third kappa shape index (κ3) is 4.70. The van der Waals surface area contributed by atoms with Crippen molar-refractivity contribution in [2.45, 2.75) is 44.8 Å². The zero-order valence-electron chi connectivity index (χ0n) is 13.1. The molecule has 0 amide bonds. The summed E-state index contributed by atoms with van der Waals surface area (Å²) < 4.78 is 10.5. The number of hydrogen-bond donors (Lipinski definition) is 2. The van der Waals surface area contributed by atoms with E-state index >= 15 is 0 Å². The van der Waals surface area contributed by atoms with Crippen molar-refractivity contribution in [3.63, 3.8) is 0 Å². The highest BCUT2D eigenvalue weighted by atomic mass is 16.5. The third-order valence-electron chi connectivity index (χ3n) is 3.87. The summed E-state index contributed by atoms with van der Waals surface area (Å²) in [5.41, 5.74) is 2.77. The molecule has 2 N–H and O–H groups in total. The molecule has 4 nitrogen and oxygen atoms in total. The summed E-state index contributed by atoms with van der Waals surface area (Å²) in [4.78, 5) is 0. The average molecular weight is 293 g/mol. The van der Waals surface area contributed by atoms with Crippen molar-refractivity contribution in [2.75, 3.05) is 26.9 Å². The van der Waals surface area contributed by atoms with Crippen molar-refractivity contribution >= 4 is 0 Å². The van der Waals surface area contributed by atoms with E-state index in [-0.39, 0.29) is 6.61 Å². The van der Waals surface area contributed by atoms with Gasteiger partial charge in [-0.3, -0.25) is 0 Å². The number of aliphatic hydroxyl groups excluding tert-OH is 1. The van der Waals surface area contributed by atoms with Crippen LogP contribution >= 0.6 is 0 Å². The van der Waals surface area contributed by atoms with Crippen LogP contribution in [0.25, 0.3) is 0 Å². The van der Waals surface area contributed by atoms with Crippen LogP contribution in [0.1, 0.15) is 43.4 Å². The minimum atomic E-state index is -0.579. The van der Waals surface area contributed by atoms with Gasteiger partial charge < -0.3 is 19.9 Å². The molecule has 2 rings (SSSR count). The Kier molecular flexibility index (Phi) is 6.49. The Balaban J connectivity index is 1.98. The quantitative estimate of drug-likeness (QED) is 0.773. The molecule has 0 saturated heterocycles. The minimum absolute atomic E-state index is 0.268. The molecule has 1 aromatic rings. The van der Waals surface area contributed by atoms with Gasteiger partial charge in [0, 0.05) is 13.2 Å². The van der Waals surface area contributed by atoms with Crippen molar-refractivity contribution in [1.29, 1.82) is 0 Å². The van der Waals surface area contributed by atoms with Gasteiger partial charge in [-0.15, -0.1) is 0 Å². The number of benzene rings is 1. The van der Waals surface area contributed by atoms with Crippen molar-refractivity contribution < 1.29 is 14.6 Å². The predicted octanol–water partition coefficient (Wildman–Crippen LogP) is 2.45. The first-order chi connectivity index (χ1) is 10.2. The molecule has 118 valence electrons. The van der Waals surface area contributed by atoms with E-state index in [4.69, 9.17) is 9.47 Å². The summed E-state index contributed by atoms with van der Waals surface area (Å²) in [7, 11) is 1.57. The Hall–Kier alpha value is -1.10. The van der Waals surface area contributed by atoms with Crippen LogP contribution in [0.4, 0.5) is 0 Å². The molecule has 1 aromatic carbocycles. The highest BCUT2D eigenvalue weighted by molar-refractivity contribution is 5.39. The summed E-state index contributed by atoms with van der Waals surface area (Å²) in [6.07, 6.45) is 4.11. The van der Waals surface area contributed by atoms with Crippen LogP contribution in [0.2, 0.25) is 0 Å². The van der Waals surface area contributed by atoms with E-state index in [0.29, 0.717) is 12.6 Å². The lowest BCUT2D eigenvalue weighted by Gasteiger charge is -2.27. The number of methoxy groups -OCH3 is 1. The van der Waals surface area contributed by atoms with Crippen LogP contribution in [0, 0.1) is 0 Å². The lowest BCUT2D eigenvalue weighted by atomic mass is 9.87. The number of nitrogens with one attached hydrogen (secondary N) is 1. The van der Waals surface area contributed by atoms with Crippen molar-refractivity contribution in [3.8, 4) is 5.75 Å². The first kappa shape index (κ1) is 16.3. The maximum Gasteiger partial charge on any atom is 0.119 e. The van der Waals surface area contributed by atoms with Crippen LogP contribution in [0.5, 0.6) is 5.75 Å². The Morgan fingerprint density at radius 2 is 2.24 bits per heavy atom. The number of aryl methyl sites for hydroxylation is 1. The first-order valence-corrected chi connectivity index (χ1v) is 7.90. The van der Waals surface area contributed by atoms with Gasteiger partial charge in [0.2, 0.25) is 0 Å². The first-order valence-electron chi connectivity index (χ1n) is 7.90. The molecule has 21 heavy (non-hydrogen) atoms. The summed E-state index contributed by atoms with van der Waals surface area (Å²) in [5.74, 6) is 0.833. The van der Waals surface area contributed by atoms with Crippen molar-refractivity contribution in [1.82, 2.24) is 5.32 Å². The predicted molar refractivity (Wildman–Crippen MR) is 83.8 cm³/mol. The molecular weight excluding hydrogens is 266 g/mol. The van der Waals surface area contributed by atoms with E-state index in [9.17, 15) is 5.11 Å². The molecule has 1 aliphatic carbocycles. The average Bonchev–Trinajstić information content (AvgIpc) is 2.51. The van der Waals surface area contributed by atoms with Crippen LogP contribution in [-0.4, -0.2) is 38.1 Å². The number of aliphatic hydroxyl groups is 1. The van der Waals surface area contributed by atoms with E-state index < -0.39 is 6.10 Å². The summed E-state index contributed by atoms with van der Waals surface area (Å²) in [6, 6.07) is 6.76. The highest BCUT2D eigenvalue weighted by Crippen LogP contribution is 2.32. The van der Waals surface area contributed by atoms with E-state index in [1.807, 2.05) is 6.07 Å². The fourth-order valence-corrected chi connectivity index (χ4v) is 2.84. The molecular formula is C17H27NO3. The molecule has 0 aliphatic heterocycles. The summed E-state index contributed by atoms with van der Waals surface area (Å²) >= 11 is 0. The minimum Gasteiger partial charge on any atom is -0.491 e. The maximum absolute atomic E-state index is 9.63. The fourth-order valence-electron chi connectivity index (χ4n) is 2.84. The Morgan fingerprint density at radius 1 is 1.38 bits per heavy atom. The van der Waals surface area contributed by atoms with Gasteiger partial charge >= 0.3 is 0 Å². The van der Waals surface area contributed by atoms with Gasteiger partial charge in [-0.05, 0) is 55.5 Å². The molecule has 4 heteroatoms. The Morgan fingerprint density at radius 3 is 3.00 bits per heavy atom. The van der Waals surface area contributed by atoms with E-state index in [2.05, 4.69) is 24.4 Å². The molecule has 2 atom stereocenters. The zero-order valence-corrected chi connectivity index (χ0v) is 13.1. The third-order valence-corrected chi connectivity index (χ3v) is 3.87. The molecule has 0 aromatic heterocycles. The van der Waals surface area contributed by atoms with Gasteiger partial charge in [0.05, 0.1) is 6.61 Å². The largest absolute Gasteiger partial charge is 0.491 e. The Bertz CT molecular complexity index is 436. The summed E-state index contributed by atoms with van der Waals surface area (Å²) in [5, 5.41) is 13.2. The molecule has 0 radical (unpaired) electrons. The maximum atomic E-state index is 9.63. The second-order valence-corrected chi connectivity index (χ2v) is 5.68. The molecule has 0 spiro atoms. The van der Waals surface area contributed by atoms with Crippen LogP contribution < -0.4 is 10.1 Å². The normalized spacial score (nSPS) is 19.1. The molecule has 0 heterocycles. The van der Waals surface area contributed by atoms with E-state index in [1.54, 1.807) is 7.11 Å². The van der Waals surface area contributed by atoms with E-state index in [1.165, 1.54) is 24.0 Å². The van der Waals surface area contributed by atoms with Crippen LogP contribution in [0.15, 0.2) is 18.2 Å². The smallest absolute Gasteiger partial charge is 0.119 e. The number of fused-ring (bicyclic) bond motifs is 1. The van der Waals surface area contributed by atoms with Crippen LogP contribution in [0.3, 0.4) is 0 Å². The Labute approximate surface area is 127 Å². The van der Waals surface area contributed by atoms with Crippen molar-refractivity contribution in [2.24, 2.45) is 0 Å². The molecule has 0 fully saturated rings. The van der Waals surface area contributed by atoms with E-state index in [0.717, 1.165) is 25.1 Å². The summed E-state index contributed by atoms with van der Waals surface area (Å²) in [6.45, 7) is 3.82. The molecule has 0 bridgehead atoms. The van der Waals surface area contributed by atoms with Gasteiger partial charge in [-0.1, -0.05) is 13.0 Å². The standard InChI is InChI=1S/C17H27NO3/c1-3-9-18-17-6-4-5-13-10-15(7-8-16(13)17)21-12-14(19)11-20-2/h7-8,10,14,17-19H,3-6,9,11-12H2,1-2H3. The monoisotopic (exact) mass is 293 g/mol. The number of rotatable bonds is 8. The topological polar surface area (TPSA) is 50.7 Å². The van der Waals surface area contributed by atoms with Gasteiger partial charge in [0.15, 0.2) is 0 Å². The van der Waals surface area contributed by atoms with Crippen molar-refractivity contribution in [3.05, 3.63) is 29.3 Å². The molecule has 1 aliphatic rings. The lowest BCUT2D eigenvalue weighted by molar-refractivity contribution is 0.0325. The van der Waals surface area contributed by atoms with Gasteiger partial charge in [0.25, 0.3) is 0 Å².